The third-order valence-corrected chi connectivity index (χ3v) is 1.94. The average Bonchev–Trinajstić information content (AvgIpc) is 2.24. The first-order valence-corrected chi connectivity index (χ1v) is 5.08. The number of aliphatic hydroxyl groups is 2. The van der Waals surface area contributed by atoms with Gasteiger partial charge in [0, 0.05) is 27.4 Å². The Morgan fingerprint density at radius 3 is 2.18 bits per heavy atom. The van der Waals surface area contributed by atoms with Crippen molar-refractivity contribution in [2.45, 2.75) is 38.8 Å². The van der Waals surface area contributed by atoms with E-state index in [-0.39, 0.29) is 13.0 Å². The van der Waals surface area contributed by atoms with Crippen LogP contribution < -0.4 is 0 Å². The Kier molecular flexibility index (Phi) is 7.44. The zero-order valence-electron chi connectivity index (χ0n) is 10.1. The minimum absolute atomic E-state index is 0.0270. The van der Waals surface area contributed by atoms with E-state index >= 15 is 0 Å². The molecule has 0 aromatic heterocycles. The number of methoxy groups -OCH3 is 1. The Morgan fingerprint density at radius 2 is 1.76 bits per heavy atom. The highest BCUT2D eigenvalue weighted by molar-refractivity contribution is 5.66. The number of carbonyl (C=O) groups is 2. The number of esters is 2. The van der Waals surface area contributed by atoms with E-state index in [0.717, 1.165) is 0 Å². The lowest BCUT2D eigenvalue weighted by molar-refractivity contribution is -0.192. The summed E-state index contributed by atoms with van der Waals surface area (Å²) in [7, 11) is 1.20. The van der Waals surface area contributed by atoms with Gasteiger partial charge in [-0.1, -0.05) is 0 Å². The molecule has 0 heterocycles. The Balaban J connectivity index is 4.31. The zero-order chi connectivity index (χ0) is 13.4. The normalized spacial score (nSPS) is 15.8. The molecule has 0 bridgehead atoms. The molecule has 0 spiro atoms. The summed E-state index contributed by atoms with van der Waals surface area (Å²) in [5.41, 5.74) is 0. The monoisotopic (exact) mass is 250 g/mol. The smallest absolute Gasteiger partial charge is 0.303 e. The summed E-state index contributed by atoms with van der Waals surface area (Å²) in [6.45, 7) is 2.38. The molecule has 0 fully saturated rings. The van der Waals surface area contributed by atoms with Crippen LogP contribution in [-0.2, 0) is 23.8 Å². The van der Waals surface area contributed by atoms with Gasteiger partial charge in [-0.15, -0.1) is 0 Å². The summed E-state index contributed by atoms with van der Waals surface area (Å²) >= 11 is 0. The van der Waals surface area contributed by atoms with Gasteiger partial charge in [0.1, 0.15) is 12.2 Å². The lowest BCUT2D eigenvalue weighted by Gasteiger charge is -2.25. The number of hydrogen-bond acceptors (Lipinski definition) is 7. The first kappa shape index (κ1) is 15.8. The van der Waals surface area contributed by atoms with E-state index in [9.17, 15) is 19.8 Å². The minimum Gasteiger partial charge on any atom is -0.466 e. The van der Waals surface area contributed by atoms with Crippen LogP contribution in [0.25, 0.3) is 0 Å². The van der Waals surface area contributed by atoms with Gasteiger partial charge in [0.2, 0.25) is 0 Å². The topological polar surface area (TPSA) is 102 Å². The lowest BCUT2D eigenvalue weighted by atomic mass is 10.1. The van der Waals surface area contributed by atoms with Gasteiger partial charge in [-0.25, -0.2) is 0 Å². The summed E-state index contributed by atoms with van der Waals surface area (Å²) in [5, 5.41) is 18.8. The van der Waals surface area contributed by atoms with Crippen LogP contribution in [-0.4, -0.2) is 54.4 Å². The molecule has 0 aliphatic carbocycles. The maximum Gasteiger partial charge on any atom is 0.303 e. The molecule has 0 aliphatic rings. The summed E-state index contributed by atoms with van der Waals surface area (Å²) in [6, 6.07) is 0. The molecule has 100 valence electrons. The van der Waals surface area contributed by atoms with Crippen LogP contribution in [0, 0.1) is 0 Å². The first-order chi connectivity index (χ1) is 7.88. The van der Waals surface area contributed by atoms with Crippen molar-refractivity contribution in [1.29, 1.82) is 0 Å². The van der Waals surface area contributed by atoms with Crippen LogP contribution in [0.2, 0.25) is 0 Å². The molecule has 7 heteroatoms. The molecule has 3 atom stereocenters. The second-order valence-electron chi connectivity index (χ2n) is 3.39. The number of carbonyl (C=O) groups excluding carboxylic acids is 2. The van der Waals surface area contributed by atoms with E-state index in [0.29, 0.717) is 0 Å². The maximum absolute atomic E-state index is 10.8. The van der Waals surface area contributed by atoms with Gasteiger partial charge in [0.15, 0.2) is 6.29 Å². The van der Waals surface area contributed by atoms with Gasteiger partial charge >= 0.3 is 11.9 Å². The Labute approximate surface area is 99.3 Å². The van der Waals surface area contributed by atoms with E-state index in [1.807, 2.05) is 0 Å². The van der Waals surface area contributed by atoms with Gasteiger partial charge in [0.05, 0.1) is 6.61 Å². The quantitative estimate of drug-likeness (QED) is 0.450. The number of hydrogen-bond donors (Lipinski definition) is 2. The molecule has 0 saturated heterocycles. The standard InChI is InChI=1S/C10H18O7/c1-6(11)16-5-4-8(17-7(2)12)9(13)10(14)15-3/h8-10,13-14H,4-5H2,1-3H3/t8-,9-,10-/m1/s1. The summed E-state index contributed by atoms with van der Waals surface area (Å²) in [4.78, 5) is 21.3. The average molecular weight is 250 g/mol. The Hall–Kier alpha value is -1.18. The molecular formula is C10H18O7. The summed E-state index contributed by atoms with van der Waals surface area (Å²) in [5.74, 6) is -1.09. The molecule has 0 aromatic carbocycles. The van der Waals surface area contributed by atoms with Gasteiger partial charge in [-0.2, -0.15) is 0 Å². The number of aliphatic hydroxyl groups excluding tert-OH is 2. The van der Waals surface area contributed by atoms with Gasteiger partial charge in [-0.3, -0.25) is 9.59 Å². The lowest BCUT2D eigenvalue weighted by Crippen LogP contribution is -2.41. The molecule has 0 radical (unpaired) electrons. The molecule has 0 aliphatic heterocycles. The fourth-order valence-corrected chi connectivity index (χ4v) is 1.15. The van der Waals surface area contributed by atoms with Gasteiger partial charge in [0.25, 0.3) is 0 Å². The second-order valence-corrected chi connectivity index (χ2v) is 3.39. The molecule has 17 heavy (non-hydrogen) atoms. The van der Waals surface area contributed by atoms with E-state index in [1.165, 1.54) is 21.0 Å². The number of ether oxygens (including phenoxy) is 3. The predicted octanol–water partition coefficient (Wildman–Crippen LogP) is -0.803. The van der Waals surface area contributed by atoms with Crippen molar-refractivity contribution in [3.8, 4) is 0 Å². The Bertz CT molecular complexity index is 253. The van der Waals surface area contributed by atoms with Crippen molar-refractivity contribution < 1.29 is 34.0 Å². The minimum atomic E-state index is -1.48. The molecule has 7 nitrogen and oxygen atoms in total. The predicted molar refractivity (Wildman–Crippen MR) is 55.8 cm³/mol. The summed E-state index contributed by atoms with van der Waals surface area (Å²) in [6.07, 6.45) is -3.81. The third-order valence-electron chi connectivity index (χ3n) is 1.94. The van der Waals surface area contributed by atoms with Gasteiger partial charge < -0.3 is 24.4 Å². The summed E-state index contributed by atoms with van der Waals surface area (Å²) < 4.78 is 14.0. The van der Waals surface area contributed by atoms with Gasteiger partial charge in [-0.05, 0) is 0 Å². The second kappa shape index (κ2) is 7.99. The van der Waals surface area contributed by atoms with Crippen LogP contribution in [0.1, 0.15) is 20.3 Å². The van der Waals surface area contributed by atoms with E-state index in [4.69, 9.17) is 4.74 Å². The fourth-order valence-electron chi connectivity index (χ4n) is 1.15. The van der Waals surface area contributed by atoms with Crippen LogP contribution in [0.15, 0.2) is 0 Å². The fraction of sp³-hybridized carbons (Fsp3) is 0.800. The van der Waals surface area contributed by atoms with Crippen LogP contribution in [0.4, 0.5) is 0 Å². The Morgan fingerprint density at radius 1 is 1.18 bits per heavy atom. The molecule has 0 rings (SSSR count). The molecule has 0 amide bonds. The molecule has 2 N–H and O–H groups in total. The number of rotatable bonds is 7. The van der Waals surface area contributed by atoms with Crippen molar-refractivity contribution in [3.05, 3.63) is 0 Å². The van der Waals surface area contributed by atoms with E-state index in [2.05, 4.69) is 9.47 Å². The van der Waals surface area contributed by atoms with Crippen molar-refractivity contribution in [1.82, 2.24) is 0 Å². The molecule has 0 aromatic rings. The van der Waals surface area contributed by atoms with Crippen LogP contribution in [0.3, 0.4) is 0 Å². The van der Waals surface area contributed by atoms with Crippen molar-refractivity contribution >= 4 is 11.9 Å². The zero-order valence-corrected chi connectivity index (χ0v) is 10.1. The first-order valence-electron chi connectivity index (χ1n) is 5.08. The van der Waals surface area contributed by atoms with Crippen molar-refractivity contribution in [2.75, 3.05) is 13.7 Å². The highest BCUT2D eigenvalue weighted by Crippen LogP contribution is 2.10. The third kappa shape index (κ3) is 6.88. The SMILES string of the molecule is CO[C@@H](O)[C@H](O)[C@@H](CCOC(C)=O)OC(C)=O. The van der Waals surface area contributed by atoms with E-state index in [1.54, 1.807) is 0 Å². The highest BCUT2D eigenvalue weighted by Gasteiger charge is 2.28. The molecule has 0 unspecified atom stereocenters. The largest absolute Gasteiger partial charge is 0.466 e. The van der Waals surface area contributed by atoms with Crippen LogP contribution in [0.5, 0.6) is 0 Å². The van der Waals surface area contributed by atoms with E-state index < -0.39 is 30.4 Å². The maximum atomic E-state index is 10.8. The van der Waals surface area contributed by atoms with Crippen molar-refractivity contribution in [2.24, 2.45) is 0 Å². The van der Waals surface area contributed by atoms with Crippen molar-refractivity contribution in [3.63, 3.8) is 0 Å². The van der Waals surface area contributed by atoms with Crippen LogP contribution >= 0.6 is 0 Å². The molecule has 0 saturated carbocycles. The highest BCUT2D eigenvalue weighted by atomic mass is 16.6. The molecular weight excluding hydrogens is 232 g/mol.